The number of nitrogens with zero attached hydrogens (tertiary/aromatic N) is 1. The summed E-state index contributed by atoms with van der Waals surface area (Å²) in [5.41, 5.74) is 1.68. The van der Waals surface area contributed by atoms with Crippen molar-refractivity contribution in [3.05, 3.63) is 63.1 Å². The molecule has 1 N–H and O–H groups in total. The van der Waals surface area contributed by atoms with E-state index in [0.29, 0.717) is 0 Å². The van der Waals surface area contributed by atoms with Crippen molar-refractivity contribution >= 4 is 21.6 Å². The largest absolute Gasteiger partial charge is 0.380 e. The van der Waals surface area contributed by atoms with E-state index in [0.717, 1.165) is 27.9 Å². The first kappa shape index (κ1) is 14.5. The van der Waals surface area contributed by atoms with Crippen LogP contribution in [0.5, 0.6) is 0 Å². The maximum absolute atomic E-state index is 13.7. The molecule has 0 saturated heterocycles. The Balaban J connectivity index is 2.23. The summed E-state index contributed by atoms with van der Waals surface area (Å²) >= 11 is 3.37. The minimum absolute atomic E-state index is 0.00539. The van der Waals surface area contributed by atoms with Crippen LogP contribution < -0.4 is 5.32 Å². The van der Waals surface area contributed by atoms with E-state index in [9.17, 15) is 8.78 Å². The van der Waals surface area contributed by atoms with Crippen molar-refractivity contribution in [1.82, 2.24) is 0 Å². The molecule has 102 valence electrons. The molecule has 0 aliphatic carbocycles. The maximum Gasteiger partial charge on any atom is 0.132 e. The van der Waals surface area contributed by atoms with E-state index < -0.39 is 11.6 Å². The summed E-state index contributed by atoms with van der Waals surface area (Å²) in [6.07, 6.45) is 0. The maximum atomic E-state index is 13.7. The van der Waals surface area contributed by atoms with Gasteiger partial charge in [-0.2, -0.15) is 5.26 Å². The Morgan fingerprint density at radius 3 is 2.45 bits per heavy atom. The molecule has 0 radical (unpaired) electrons. The number of benzene rings is 2. The van der Waals surface area contributed by atoms with E-state index in [1.54, 1.807) is 6.07 Å². The first-order valence-electron chi connectivity index (χ1n) is 5.89. The number of anilines is 1. The molecular formula is C15H11BrF2N2. The van der Waals surface area contributed by atoms with E-state index in [4.69, 9.17) is 5.26 Å². The summed E-state index contributed by atoms with van der Waals surface area (Å²) in [7, 11) is 0. The van der Waals surface area contributed by atoms with Gasteiger partial charge in [-0.1, -0.05) is 6.07 Å². The number of nitrogens with one attached hydrogen (secondary N) is 1. The van der Waals surface area contributed by atoms with Gasteiger partial charge >= 0.3 is 0 Å². The predicted octanol–water partition coefficient (Wildman–Crippen LogP) is 4.52. The summed E-state index contributed by atoms with van der Waals surface area (Å²) in [5, 5.41) is 11.6. The van der Waals surface area contributed by atoms with Crippen LogP contribution in [0.4, 0.5) is 14.5 Å². The summed E-state index contributed by atoms with van der Waals surface area (Å²) in [6, 6.07) is 9.46. The third kappa shape index (κ3) is 3.14. The molecule has 0 aliphatic heterocycles. The molecule has 2 aromatic rings. The van der Waals surface area contributed by atoms with Crippen molar-refractivity contribution in [3.63, 3.8) is 0 Å². The summed E-state index contributed by atoms with van der Waals surface area (Å²) in [6.45, 7) is 1.94. The zero-order valence-electron chi connectivity index (χ0n) is 10.7. The van der Waals surface area contributed by atoms with E-state index >= 15 is 0 Å². The van der Waals surface area contributed by atoms with Crippen molar-refractivity contribution in [2.24, 2.45) is 0 Å². The van der Waals surface area contributed by atoms with Gasteiger partial charge in [0.2, 0.25) is 0 Å². The van der Waals surface area contributed by atoms with Gasteiger partial charge < -0.3 is 5.32 Å². The standard InChI is InChI=1S/C15H11BrF2N2/c1-9-2-3-12(16)15(4-9)20-8-11-13(17)5-10(7-19)6-14(11)18/h2-6,20H,8H2,1H3. The molecule has 0 fully saturated rings. The third-order valence-corrected chi connectivity index (χ3v) is 3.54. The van der Waals surface area contributed by atoms with Crippen LogP contribution in [0, 0.1) is 29.9 Å². The molecular weight excluding hydrogens is 326 g/mol. The van der Waals surface area contributed by atoms with Gasteiger partial charge in [-0.25, -0.2) is 8.78 Å². The van der Waals surface area contributed by atoms with E-state index in [1.165, 1.54) is 0 Å². The van der Waals surface area contributed by atoms with Crippen LogP contribution in [0.15, 0.2) is 34.8 Å². The van der Waals surface area contributed by atoms with Crippen molar-refractivity contribution in [3.8, 4) is 6.07 Å². The van der Waals surface area contributed by atoms with Crippen LogP contribution in [0.3, 0.4) is 0 Å². The SMILES string of the molecule is Cc1ccc(Br)c(NCc2c(F)cc(C#N)cc2F)c1. The van der Waals surface area contributed by atoms with E-state index in [-0.39, 0.29) is 17.7 Å². The second kappa shape index (κ2) is 6.02. The van der Waals surface area contributed by atoms with Crippen LogP contribution in [-0.4, -0.2) is 0 Å². The molecule has 5 heteroatoms. The lowest BCUT2D eigenvalue weighted by atomic mass is 10.1. The molecule has 0 aromatic heterocycles. The quantitative estimate of drug-likeness (QED) is 0.894. The van der Waals surface area contributed by atoms with Gasteiger partial charge in [0.15, 0.2) is 0 Å². The van der Waals surface area contributed by atoms with E-state index in [1.807, 2.05) is 25.1 Å². The van der Waals surface area contributed by atoms with Crippen LogP contribution >= 0.6 is 15.9 Å². The molecule has 2 aromatic carbocycles. The highest BCUT2D eigenvalue weighted by Crippen LogP contribution is 2.25. The Labute approximate surface area is 124 Å². The Hall–Kier alpha value is -1.93. The highest BCUT2D eigenvalue weighted by molar-refractivity contribution is 9.10. The Bertz CT molecular complexity index is 670. The van der Waals surface area contributed by atoms with Gasteiger partial charge in [0.25, 0.3) is 0 Å². The Kier molecular flexibility index (Phi) is 4.35. The number of halogens is 3. The fraction of sp³-hybridized carbons (Fsp3) is 0.133. The number of aryl methyl sites for hydroxylation is 1. The Morgan fingerprint density at radius 2 is 1.85 bits per heavy atom. The van der Waals surface area contributed by atoms with Gasteiger partial charge in [-0.3, -0.25) is 0 Å². The molecule has 20 heavy (non-hydrogen) atoms. The van der Waals surface area contributed by atoms with Crippen molar-refractivity contribution in [2.45, 2.75) is 13.5 Å². The molecule has 2 nitrogen and oxygen atoms in total. The zero-order valence-corrected chi connectivity index (χ0v) is 12.3. The predicted molar refractivity (Wildman–Crippen MR) is 77.3 cm³/mol. The van der Waals surface area contributed by atoms with Crippen LogP contribution in [0.2, 0.25) is 0 Å². The van der Waals surface area contributed by atoms with Gasteiger partial charge in [0, 0.05) is 22.3 Å². The summed E-state index contributed by atoms with van der Waals surface area (Å²) in [5.74, 6) is -1.45. The molecule has 2 rings (SSSR count). The van der Waals surface area contributed by atoms with Crippen molar-refractivity contribution in [1.29, 1.82) is 5.26 Å². The minimum atomic E-state index is -0.724. The van der Waals surface area contributed by atoms with Gasteiger partial charge in [-0.15, -0.1) is 0 Å². The summed E-state index contributed by atoms with van der Waals surface area (Å²) < 4.78 is 28.3. The minimum Gasteiger partial charge on any atom is -0.380 e. The van der Waals surface area contributed by atoms with Crippen molar-refractivity contribution < 1.29 is 8.78 Å². The third-order valence-electron chi connectivity index (χ3n) is 2.85. The van der Waals surface area contributed by atoms with Crippen LogP contribution in [-0.2, 0) is 6.54 Å². The zero-order chi connectivity index (χ0) is 14.7. The second-order valence-electron chi connectivity index (χ2n) is 4.37. The summed E-state index contributed by atoms with van der Waals surface area (Å²) in [4.78, 5) is 0. The number of hydrogen-bond donors (Lipinski definition) is 1. The fourth-order valence-electron chi connectivity index (χ4n) is 1.79. The molecule has 0 bridgehead atoms. The molecule has 0 atom stereocenters. The van der Waals surface area contributed by atoms with Crippen LogP contribution in [0.1, 0.15) is 16.7 Å². The second-order valence-corrected chi connectivity index (χ2v) is 5.22. The topological polar surface area (TPSA) is 35.8 Å². The van der Waals surface area contributed by atoms with Crippen molar-refractivity contribution in [2.75, 3.05) is 5.32 Å². The highest BCUT2D eigenvalue weighted by Gasteiger charge is 2.11. The van der Waals surface area contributed by atoms with Gasteiger partial charge in [0.1, 0.15) is 11.6 Å². The lowest BCUT2D eigenvalue weighted by molar-refractivity contribution is 0.559. The highest BCUT2D eigenvalue weighted by atomic mass is 79.9. The average Bonchev–Trinajstić information content (AvgIpc) is 2.41. The lowest BCUT2D eigenvalue weighted by Gasteiger charge is -2.11. The van der Waals surface area contributed by atoms with Gasteiger partial charge in [0.05, 0.1) is 11.6 Å². The van der Waals surface area contributed by atoms with Crippen LogP contribution in [0.25, 0.3) is 0 Å². The smallest absolute Gasteiger partial charge is 0.132 e. The normalized spacial score (nSPS) is 10.2. The molecule has 0 heterocycles. The number of nitriles is 1. The molecule has 0 aliphatic rings. The monoisotopic (exact) mass is 336 g/mol. The van der Waals surface area contributed by atoms with Gasteiger partial charge in [-0.05, 0) is 52.7 Å². The lowest BCUT2D eigenvalue weighted by Crippen LogP contribution is -2.06. The first-order valence-corrected chi connectivity index (χ1v) is 6.68. The average molecular weight is 337 g/mol. The molecule has 0 unspecified atom stereocenters. The number of hydrogen-bond acceptors (Lipinski definition) is 2. The number of rotatable bonds is 3. The molecule has 0 spiro atoms. The first-order chi connectivity index (χ1) is 9.51. The molecule has 0 amide bonds. The Morgan fingerprint density at radius 1 is 1.20 bits per heavy atom. The fourth-order valence-corrected chi connectivity index (χ4v) is 2.18. The van der Waals surface area contributed by atoms with E-state index in [2.05, 4.69) is 21.2 Å². The molecule has 0 saturated carbocycles.